The van der Waals surface area contributed by atoms with Crippen molar-refractivity contribution in [3.05, 3.63) is 0 Å². The van der Waals surface area contributed by atoms with Crippen molar-refractivity contribution in [3.63, 3.8) is 0 Å². The van der Waals surface area contributed by atoms with Gasteiger partial charge in [0.2, 0.25) is 0 Å². The fraction of sp³-hybridized carbons (Fsp3) is 1.00. The summed E-state index contributed by atoms with van der Waals surface area (Å²) in [5.74, 6) is 0. The fourth-order valence-corrected chi connectivity index (χ4v) is 13.9. The van der Waals surface area contributed by atoms with Gasteiger partial charge in [-0.2, -0.15) is 0 Å². The molecule has 13 nitrogen and oxygen atoms in total. The third-order valence-electron chi connectivity index (χ3n) is 3.37. The van der Waals surface area contributed by atoms with Crippen LogP contribution in [0.3, 0.4) is 0 Å². The fourth-order valence-electron chi connectivity index (χ4n) is 3.04. The predicted molar refractivity (Wildman–Crippen MR) is 160 cm³/mol. The highest BCUT2D eigenvalue weighted by molar-refractivity contribution is 6.75. The first kappa shape index (κ1) is 41.3. The summed E-state index contributed by atoms with van der Waals surface area (Å²) in [6.07, 6.45) is 0. The quantitative estimate of drug-likeness (QED) is 0.224. The number of hydrogen-bond acceptors (Lipinski definition) is 13. The number of hydrogen-bond donors (Lipinski definition) is 4. The maximum absolute atomic E-state index is 11.0. The van der Waals surface area contributed by atoms with Crippen molar-refractivity contribution >= 4 is 36.2 Å². The lowest BCUT2D eigenvalue weighted by molar-refractivity contribution is -0.136. The van der Waals surface area contributed by atoms with Gasteiger partial charge < -0.3 is 58.1 Å². The van der Waals surface area contributed by atoms with Gasteiger partial charge in [0.25, 0.3) is 0 Å². The van der Waals surface area contributed by atoms with Crippen molar-refractivity contribution in [1.29, 1.82) is 0 Å². The Kier molecular flexibility index (Phi) is 13.1. The zero-order valence-electron chi connectivity index (χ0n) is 28.5. The summed E-state index contributed by atoms with van der Waals surface area (Å²) in [5.41, 5.74) is -5.66. The first-order chi connectivity index (χ1) is 17.4. The van der Waals surface area contributed by atoms with Crippen molar-refractivity contribution in [2.45, 2.75) is 158 Å². The van der Waals surface area contributed by atoms with Crippen molar-refractivity contribution in [1.82, 2.24) is 0 Å². The Hall–Kier alpha value is 0.348. The van der Waals surface area contributed by atoms with Gasteiger partial charge in [-0.15, -0.1) is 0 Å². The van der Waals surface area contributed by atoms with Crippen LogP contribution in [0.25, 0.3) is 0 Å². The van der Waals surface area contributed by atoms with Gasteiger partial charge >= 0.3 is 36.2 Å². The molecule has 248 valence electrons. The summed E-state index contributed by atoms with van der Waals surface area (Å²) in [6.45, 7) is 30.6. The van der Waals surface area contributed by atoms with Crippen LogP contribution in [0.5, 0.6) is 0 Å². The van der Waals surface area contributed by atoms with Crippen molar-refractivity contribution in [2.75, 3.05) is 0 Å². The van der Waals surface area contributed by atoms with E-state index in [0.717, 1.165) is 0 Å². The lowest BCUT2D eigenvalue weighted by Crippen LogP contribution is -2.70. The zero-order chi connectivity index (χ0) is 33.4. The maximum Gasteiger partial charge on any atom is 0.675 e. The minimum atomic E-state index is -5.57. The summed E-state index contributed by atoms with van der Waals surface area (Å²) in [4.78, 5) is 44.2. The summed E-state index contributed by atoms with van der Waals surface area (Å²) in [7, 11) is -20.2. The average Bonchev–Trinajstić information content (AvgIpc) is 2.37. The van der Waals surface area contributed by atoms with Gasteiger partial charge in [-0.1, -0.05) is 0 Å². The Balaban J connectivity index is 6.73. The van der Waals surface area contributed by atoms with Crippen LogP contribution in [0.1, 0.15) is 125 Å². The van der Waals surface area contributed by atoms with Crippen LogP contribution in [-0.2, 0) is 38.9 Å². The molecule has 0 aliphatic heterocycles. The molecule has 41 heavy (non-hydrogen) atoms. The molecule has 0 fully saturated rings. The van der Waals surface area contributed by atoms with E-state index < -0.39 is 69.8 Å². The molecule has 17 heteroatoms. The Morgan fingerprint density at radius 2 is 0.439 bits per heavy atom. The monoisotopic (exact) mass is 666 g/mol. The van der Waals surface area contributed by atoms with E-state index in [2.05, 4.69) is 0 Å². The Morgan fingerprint density at radius 1 is 0.293 bits per heavy atom. The first-order valence-electron chi connectivity index (χ1n) is 13.6. The zero-order valence-corrected chi connectivity index (χ0v) is 32.5. The largest absolute Gasteiger partial charge is 0.675 e. The Labute approximate surface area is 252 Å². The van der Waals surface area contributed by atoms with Crippen molar-refractivity contribution in [3.8, 4) is 0 Å². The molecule has 0 rings (SSSR count). The van der Waals surface area contributed by atoms with Crippen LogP contribution in [0, 0.1) is 0 Å². The van der Waals surface area contributed by atoms with E-state index >= 15 is 0 Å². The third kappa shape index (κ3) is 20.1. The molecule has 4 N–H and O–H groups in total. The first-order valence-corrected chi connectivity index (χ1v) is 20.3. The standard InChI is InChI=1S/C24H58O13Si4/c1-19(2,3)29-40(30-20(4,5)6,31-21(7,8)9)36-38(25,26)35-39(27,28)37-41(32-22(10,11)12,33-23(13,14)15)34-24(16,17)18/h25-28H,1-18H3. The van der Waals surface area contributed by atoms with Gasteiger partial charge in [-0.05, 0) is 125 Å². The predicted octanol–water partition coefficient (Wildman–Crippen LogP) is 3.64. The SMILES string of the molecule is CC(C)(C)O[Si](OC(C)(C)C)(OC(C)(C)C)O[Si](O)(O)O[Si](O)(O)O[Si](OC(C)(C)C)(OC(C)(C)C)OC(C)(C)C. The van der Waals surface area contributed by atoms with Crippen LogP contribution < -0.4 is 0 Å². The average molecular weight is 667 g/mol. The van der Waals surface area contributed by atoms with Crippen LogP contribution in [0.2, 0.25) is 0 Å². The summed E-state index contributed by atoms with van der Waals surface area (Å²) >= 11 is 0. The molecule has 0 saturated heterocycles. The molecule has 0 saturated carbocycles. The lowest BCUT2D eigenvalue weighted by atomic mass is 10.2. The lowest BCUT2D eigenvalue weighted by Gasteiger charge is -2.43. The maximum atomic E-state index is 11.0. The highest BCUT2D eigenvalue weighted by Crippen LogP contribution is 2.34. The minimum Gasteiger partial charge on any atom is -0.368 e. The second-order valence-electron chi connectivity index (χ2n) is 15.7. The number of rotatable bonds is 12. The van der Waals surface area contributed by atoms with Gasteiger partial charge in [0.05, 0.1) is 33.6 Å². The van der Waals surface area contributed by atoms with E-state index in [4.69, 9.17) is 38.9 Å². The molecule has 0 aliphatic rings. The molecule has 0 aromatic heterocycles. The molecule has 0 atom stereocenters. The Morgan fingerprint density at radius 3 is 0.561 bits per heavy atom. The van der Waals surface area contributed by atoms with E-state index in [1.54, 1.807) is 125 Å². The van der Waals surface area contributed by atoms with E-state index in [-0.39, 0.29) is 0 Å². The van der Waals surface area contributed by atoms with Gasteiger partial charge in [0, 0.05) is 0 Å². The van der Waals surface area contributed by atoms with Crippen LogP contribution in [0.15, 0.2) is 0 Å². The van der Waals surface area contributed by atoms with Crippen LogP contribution in [-0.4, -0.2) is 89.0 Å². The summed E-state index contributed by atoms with van der Waals surface area (Å²) < 4.78 is 52.8. The molecule has 0 unspecified atom stereocenters. The molecule has 0 aromatic carbocycles. The molecule has 0 bridgehead atoms. The highest BCUT2D eigenvalue weighted by Gasteiger charge is 2.67. The second kappa shape index (κ2) is 13.0. The normalized spacial score (nSPS) is 16.0. The van der Waals surface area contributed by atoms with Gasteiger partial charge in [-0.25, -0.2) is 0 Å². The molecule has 0 heterocycles. The highest BCUT2D eigenvalue weighted by atomic mass is 28.5. The minimum absolute atomic E-state index is 0.944. The van der Waals surface area contributed by atoms with Crippen molar-refractivity contribution < 1.29 is 58.1 Å². The molecule has 0 aromatic rings. The van der Waals surface area contributed by atoms with Crippen LogP contribution >= 0.6 is 0 Å². The van der Waals surface area contributed by atoms with E-state index in [1.807, 2.05) is 0 Å². The Bertz CT molecular complexity index is 678. The van der Waals surface area contributed by atoms with Crippen LogP contribution in [0.4, 0.5) is 0 Å². The molecule has 0 aliphatic carbocycles. The van der Waals surface area contributed by atoms with Crippen molar-refractivity contribution in [2.24, 2.45) is 0 Å². The molecule has 0 spiro atoms. The topological polar surface area (TPSA) is 164 Å². The van der Waals surface area contributed by atoms with E-state index in [0.29, 0.717) is 0 Å². The molecular formula is C24H58O13Si4. The third-order valence-corrected chi connectivity index (χ3v) is 14.8. The van der Waals surface area contributed by atoms with Gasteiger partial charge in [0.15, 0.2) is 0 Å². The van der Waals surface area contributed by atoms with E-state index in [9.17, 15) is 19.2 Å². The molecule has 0 radical (unpaired) electrons. The second-order valence-corrected chi connectivity index (χ2v) is 23.6. The van der Waals surface area contributed by atoms with Gasteiger partial charge in [0.1, 0.15) is 0 Å². The van der Waals surface area contributed by atoms with E-state index in [1.165, 1.54) is 0 Å². The summed E-state index contributed by atoms with van der Waals surface area (Å²) in [5, 5.41) is 0. The smallest absolute Gasteiger partial charge is 0.368 e. The molecular weight excluding hydrogens is 609 g/mol. The van der Waals surface area contributed by atoms with Gasteiger partial charge in [-0.3, -0.25) is 0 Å². The summed E-state index contributed by atoms with van der Waals surface area (Å²) in [6, 6.07) is 0. The molecule has 0 amide bonds.